The Hall–Kier alpha value is -1.79. The van der Waals surface area contributed by atoms with E-state index in [9.17, 15) is 4.79 Å². The molecule has 5 nitrogen and oxygen atoms in total. The number of amides is 2. The molecule has 0 saturated carbocycles. The van der Waals surface area contributed by atoms with E-state index >= 15 is 0 Å². The quantitative estimate of drug-likeness (QED) is 0.549. The van der Waals surface area contributed by atoms with Gasteiger partial charge in [-0.15, -0.1) is 0 Å². The maximum Gasteiger partial charge on any atom is 0.355 e. The number of hydrogen-bond donors (Lipinski definition) is 2. The van der Waals surface area contributed by atoms with Gasteiger partial charge in [0.25, 0.3) is 0 Å². The molecule has 2 rings (SSSR count). The average molecular weight is 404 g/mol. The van der Waals surface area contributed by atoms with Gasteiger partial charge in [-0.05, 0) is 35.4 Å². The molecule has 124 valence electrons. The fourth-order valence-corrected chi connectivity index (χ4v) is 2.15. The minimum Gasteiger partial charge on any atom is -0.245 e. The number of urea groups is 1. The molecule has 0 aliphatic rings. The van der Waals surface area contributed by atoms with Crippen molar-refractivity contribution >= 4 is 64.9 Å². The molecular formula is C15H10Cl4N4O. The predicted molar refractivity (Wildman–Crippen MR) is 99.8 cm³/mol. The molecule has 0 spiro atoms. The van der Waals surface area contributed by atoms with Crippen molar-refractivity contribution in [3.63, 3.8) is 0 Å². The highest BCUT2D eigenvalue weighted by molar-refractivity contribution is 6.42. The second-order valence-electron chi connectivity index (χ2n) is 4.42. The van der Waals surface area contributed by atoms with E-state index in [-0.39, 0.29) is 0 Å². The van der Waals surface area contributed by atoms with Crippen molar-refractivity contribution in [2.75, 3.05) is 0 Å². The van der Waals surface area contributed by atoms with Crippen LogP contribution in [0, 0.1) is 0 Å². The maximum absolute atomic E-state index is 11.5. The maximum atomic E-state index is 11.5. The van der Waals surface area contributed by atoms with Crippen LogP contribution in [0.3, 0.4) is 0 Å². The third-order valence-corrected chi connectivity index (χ3v) is 4.12. The van der Waals surface area contributed by atoms with Gasteiger partial charge in [-0.2, -0.15) is 10.2 Å². The molecule has 0 heterocycles. The van der Waals surface area contributed by atoms with Crippen molar-refractivity contribution in [1.82, 2.24) is 10.9 Å². The van der Waals surface area contributed by atoms with Gasteiger partial charge in [-0.25, -0.2) is 15.6 Å². The number of nitrogens with zero attached hydrogens (tertiary/aromatic N) is 2. The molecule has 0 fully saturated rings. The summed E-state index contributed by atoms with van der Waals surface area (Å²) in [7, 11) is 0. The minimum atomic E-state index is -0.609. The lowest BCUT2D eigenvalue weighted by molar-refractivity contribution is 0.242. The zero-order valence-corrected chi connectivity index (χ0v) is 15.0. The summed E-state index contributed by atoms with van der Waals surface area (Å²) in [5.74, 6) is 0. The van der Waals surface area contributed by atoms with Crippen LogP contribution in [-0.2, 0) is 0 Å². The van der Waals surface area contributed by atoms with Crippen LogP contribution >= 0.6 is 46.4 Å². The smallest absolute Gasteiger partial charge is 0.245 e. The molecular weight excluding hydrogens is 394 g/mol. The molecule has 0 unspecified atom stereocenters. The van der Waals surface area contributed by atoms with Crippen LogP contribution < -0.4 is 10.9 Å². The molecule has 2 aromatic rings. The lowest BCUT2D eigenvalue weighted by Crippen LogP contribution is -2.28. The van der Waals surface area contributed by atoms with Crippen molar-refractivity contribution in [2.45, 2.75) is 0 Å². The van der Waals surface area contributed by atoms with E-state index in [1.165, 1.54) is 12.4 Å². The molecule has 2 amide bonds. The summed E-state index contributed by atoms with van der Waals surface area (Å²) in [6.07, 6.45) is 2.84. The van der Waals surface area contributed by atoms with E-state index in [2.05, 4.69) is 21.1 Å². The largest absolute Gasteiger partial charge is 0.355 e. The summed E-state index contributed by atoms with van der Waals surface area (Å²) in [5, 5.41) is 9.21. The van der Waals surface area contributed by atoms with Gasteiger partial charge < -0.3 is 0 Å². The Kier molecular flexibility index (Phi) is 6.87. The van der Waals surface area contributed by atoms with Crippen LogP contribution in [0.4, 0.5) is 4.79 Å². The molecule has 24 heavy (non-hydrogen) atoms. The van der Waals surface area contributed by atoms with Crippen molar-refractivity contribution in [1.29, 1.82) is 0 Å². The number of benzene rings is 2. The van der Waals surface area contributed by atoms with Crippen LogP contribution in [0.2, 0.25) is 20.1 Å². The molecule has 0 saturated heterocycles. The Labute approximate surface area is 158 Å². The average Bonchev–Trinajstić information content (AvgIpc) is 2.54. The molecule has 0 radical (unpaired) electrons. The summed E-state index contributed by atoms with van der Waals surface area (Å²) in [5.41, 5.74) is 5.88. The minimum absolute atomic E-state index is 0.399. The fourth-order valence-electron chi connectivity index (χ4n) is 1.54. The monoisotopic (exact) mass is 402 g/mol. The van der Waals surface area contributed by atoms with Crippen molar-refractivity contribution in [3.8, 4) is 0 Å². The van der Waals surface area contributed by atoms with Gasteiger partial charge in [0.15, 0.2) is 0 Å². The molecule has 0 atom stereocenters. The predicted octanol–water partition coefficient (Wildman–Crippen LogP) is 4.97. The van der Waals surface area contributed by atoms with E-state index in [0.29, 0.717) is 31.2 Å². The Morgan fingerprint density at radius 2 is 1.17 bits per heavy atom. The fraction of sp³-hybridized carbons (Fsp3) is 0. The van der Waals surface area contributed by atoms with Crippen LogP contribution in [0.15, 0.2) is 46.6 Å². The Balaban J connectivity index is 1.84. The van der Waals surface area contributed by atoms with Crippen molar-refractivity contribution in [2.24, 2.45) is 10.2 Å². The highest BCUT2D eigenvalue weighted by Crippen LogP contribution is 2.22. The summed E-state index contributed by atoms with van der Waals surface area (Å²) < 4.78 is 0. The van der Waals surface area contributed by atoms with Crippen LogP contribution in [0.1, 0.15) is 11.1 Å². The summed E-state index contributed by atoms with van der Waals surface area (Å²) in [6, 6.07) is 9.31. The van der Waals surface area contributed by atoms with Gasteiger partial charge in [-0.1, -0.05) is 58.5 Å². The van der Waals surface area contributed by atoms with Crippen molar-refractivity contribution in [3.05, 3.63) is 67.6 Å². The van der Waals surface area contributed by atoms with Gasteiger partial charge in [-0.3, -0.25) is 0 Å². The van der Waals surface area contributed by atoms with Gasteiger partial charge in [0.05, 0.1) is 32.5 Å². The van der Waals surface area contributed by atoms with Crippen molar-refractivity contribution < 1.29 is 4.79 Å². The van der Waals surface area contributed by atoms with E-state index in [4.69, 9.17) is 46.4 Å². The van der Waals surface area contributed by atoms with Gasteiger partial charge in [0, 0.05) is 0 Å². The number of hydrazone groups is 2. The third-order valence-electron chi connectivity index (χ3n) is 2.65. The number of nitrogens with one attached hydrogen (secondary N) is 2. The molecule has 9 heteroatoms. The highest BCUT2D eigenvalue weighted by atomic mass is 35.5. The number of halogens is 4. The zero-order chi connectivity index (χ0) is 17.5. The van der Waals surface area contributed by atoms with E-state index in [1.54, 1.807) is 36.4 Å². The molecule has 0 aliphatic carbocycles. The lowest BCUT2D eigenvalue weighted by atomic mass is 10.2. The molecule has 2 N–H and O–H groups in total. The summed E-state index contributed by atoms with van der Waals surface area (Å²) in [6.45, 7) is 0. The molecule has 0 aromatic heterocycles. The second-order valence-corrected chi connectivity index (χ2v) is 6.05. The normalized spacial score (nSPS) is 11.2. The second kappa shape index (κ2) is 8.89. The van der Waals surface area contributed by atoms with Gasteiger partial charge in [0.2, 0.25) is 0 Å². The standard InChI is InChI=1S/C15H10Cl4N4O/c16-11-3-1-9(5-13(11)18)7-20-22-15(24)23-21-8-10-2-4-12(17)14(19)6-10/h1-8H,(H2,22,23,24)/b20-7-,21-8-. The number of rotatable bonds is 4. The molecule has 0 bridgehead atoms. The van der Waals surface area contributed by atoms with E-state index in [1.807, 2.05) is 0 Å². The SMILES string of the molecule is O=C(N/N=C\c1ccc(Cl)c(Cl)c1)N/N=C\c1ccc(Cl)c(Cl)c1. The number of carbonyl (C=O) groups is 1. The Morgan fingerprint density at radius 3 is 1.54 bits per heavy atom. The molecule has 2 aromatic carbocycles. The first-order chi connectivity index (χ1) is 11.5. The summed E-state index contributed by atoms with van der Waals surface area (Å²) >= 11 is 23.4. The van der Waals surface area contributed by atoms with Gasteiger partial charge in [0.1, 0.15) is 0 Å². The first kappa shape index (κ1) is 18.5. The first-order valence-corrected chi connectivity index (χ1v) is 7.99. The number of carbonyl (C=O) groups excluding carboxylic acids is 1. The Bertz CT molecular complexity index is 743. The number of hydrogen-bond acceptors (Lipinski definition) is 3. The van der Waals surface area contributed by atoms with Gasteiger partial charge >= 0.3 is 6.03 Å². The molecule has 0 aliphatic heterocycles. The summed E-state index contributed by atoms with van der Waals surface area (Å²) in [4.78, 5) is 11.5. The van der Waals surface area contributed by atoms with Crippen LogP contribution in [0.5, 0.6) is 0 Å². The van der Waals surface area contributed by atoms with Crippen LogP contribution in [0.25, 0.3) is 0 Å². The Morgan fingerprint density at radius 1 is 0.750 bits per heavy atom. The van der Waals surface area contributed by atoms with E-state index in [0.717, 1.165) is 0 Å². The topological polar surface area (TPSA) is 65.8 Å². The zero-order valence-electron chi connectivity index (χ0n) is 11.9. The first-order valence-electron chi connectivity index (χ1n) is 6.48. The highest BCUT2D eigenvalue weighted by Gasteiger charge is 1.99. The lowest BCUT2D eigenvalue weighted by Gasteiger charge is -2.00. The van der Waals surface area contributed by atoms with Crippen LogP contribution in [-0.4, -0.2) is 18.5 Å². The third kappa shape index (κ3) is 5.69. The van der Waals surface area contributed by atoms with E-state index < -0.39 is 6.03 Å².